The van der Waals surface area contributed by atoms with Crippen LogP contribution in [0.5, 0.6) is 0 Å². The normalized spacial score (nSPS) is 25.5. The van der Waals surface area contributed by atoms with Gasteiger partial charge in [-0.15, -0.1) is 12.4 Å². The van der Waals surface area contributed by atoms with E-state index in [1.807, 2.05) is 0 Å². The Labute approximate surface area is 97.0 Å². The third-order valence-electron chi connectivity index (χ3n) is 2.80. The zero-order valence-electron chi connectivity index (χ0n) is 8.95. The summed E-state index contributed by atoms with van der Waals surface area (Å²) in [6.07, 6.45) is 4.30. The van der Waals surface area contributed by atoms with E-state index in [4.69, 9.17) is 5.73 Å². The van der Waals surface area contributed by atoms with Gasteiger partial charge in [-0.25, -0.2) is 0 Å². The number of rotatable bonds is 4. The number of amides is 1. The molecule has 0 aromatic heterocycles. The van der Waals surface area contributed by atoms with Crippen molar-refractivity contribution in [2.75, 3.05) is 13.1 Å². The molecular formula is C10H21ClN2O2. The Morgan fingerprint density at radius 2 is 2.07 bits per heavy atom. The van der Waals surface area contributed by atoms with Crippen LogP contribution in [-0.4, -0.2) is 30.2 Å². The van der Waals surface area contributed by atoms with Gasteiger partial charge in [0.1, 0.15) is 0 Å². The van der Waals surface area contributed by atoms with Crippen LogP contribution in [0.4, 0.5) is 0 Å². The summed E-state index contributed by atoms with van der Waals surface area (Å²) in [6, 6.07) is 0. The van der Waals surface area contributed by atoms with Crippen molar-refractivity contribution >= 4 is 18.3 Å². The summed E-state index contributed by atoms with van der Waals surface area (Å²) in [5.74, 6) is 0.232. The summed E-state index contributed by atoms with van der Waals surface area (Å²) in [6.45, 7) is 0.985. The largest absolute Gasteiger partial charge is 0.393 e. The molecule has 4 N–H and O–H groups in total. The van der Waals surface area contributed by atoms with Crippen molar-refractivity contribution in [1.29, 1.82) is 0 Å². The molecule has 1 rings (SSSR count). The number of nitrogens with one attached hydrogen (secondary N) is 1. The zero-order chi connectivity index (χ0) is 10.4. The molecule has 0 aromatic rings. The molecular weight excluding hydrogens is 216 g/mol. The molecule has 0 spiro atoms. The van der Waals surface area contributed by atoms with Gasteiger partial charge in [0, 0.05) is 25.4 Å². The number of hydrogen-bond acceptors (Lipinski definition) is 3. The second kappa shape index (κ2) is 7.91. The number of nitrogens with two attached hydrogens (primary N) is 1. The maximum absolute atomic E-state index is 11.1. The first kappa shape index (κ1) is 14.7. The van der Waals surface area contributed by atoms with Gasteiger partial charge in [-0.1, -0.05) is 12.8 Å². The fourth-order valence-electron chi connectivity index (χ4n) is 1.89. The topological polar surface area (TPSA) is 75.4 Å². The van der Waals surface area contributed by atoms with Crippen LogP contribution in [-0.2, 0) is 4.79 Å². The van der Waals surface area contributed by atoms with Gasteiger partial charge in [0.2, 0.25) is 5.91 Å². The van der Waals surface area contributed by atoms with Gasteiger partial charge in [-0.05, 0) is 12.8 Å². The molecule has 2 unspecified atom stereocenters. The first-order valence-electron chi connectivity index (χ1n) is 5.39. The van der Waals surface area contributed by atoms with Gasteiger partial charge in [0.15, 0.2) is 0 Å². The lowest BCUT2D eigenvalue weighted by atomic mass is 9.86. The van der Waals surface area contributed by atoms with Gasteiger partial charge in [0.05, 0.1) is 6.10 Å². The van der Waals surface area contributed by atoms with Crippen LogP contribution in [0.25, 0.3) is 0 Å². The highest BCUT2D eigenvalue weighted by molar-refractivity contribution is 5.85. The van der Waals surface area contributed by atoms with Crippen LogP contribution in [0.3, 0.4) is 0 Å². The highest BCUT2D eigenvalue weighted by Gasteiger charge is 2.22. The molecule has 15 heavy (non-hydrogen) atoms. The molecule has 1 amide bonds. The van der Waals surface area contributed by atoms with Gasteiger partial charge < -0.3 is 16.2 Å². The average molecular weight is 237 g/mol. The van der Waals surface area contributed by atoms with Gasteiger partial charge >= 0.3 is 0 Å². The van der Waals surface area contributed by atoms with Gasteiger partial charge in [0.25, 0.3) is 0 Å². The molecule has 1 fully saturated rings. The fourth-order valence-corrected chi connectivity index (χ4v) is 1.89. The first-order chi connectivity index (χ1) is 6.74. The van der Waals surface area contributed by atoms with Crippen molar-refractivity contribution in [3.05, 3.63) is 0 Å². The maximum Gasteiger partial charge on any atom is 0.221 e. The molecule has 4 nitrogen and oxygen atoms in total. The number of aliphatic hydroxyl groups excluding tert-OH is 1. The number of hydrogen-bond donors (Lipinski definition) is 3. The highest BCUT2D eigenvalue weighted by Crippen LogP contribution is 2.23. The summed E-state index contributed by atoms with van der Waals surface area (Å²) in [7, 11) is 0. The lowest BCUT2D eigenvalue weighted by molar-refractivity contribution is -0.121. The van der Waals surface area contributed by atoms with Gasteiger partial charge in [-0.3, -0.25) is 4.79 Å². The summed E-state index contributed by atoms with van der Waals surface area (Å²) in [4.78, 5) is 11.1. The quantitative estimate of drug-likeness (QED) is 0.663. The number of carbonyl (C=O) groups is 1. The molecule has 5 heteroatoms. The van der Waals surface area contributed by atoms with Crippen molar-refractivity contribution in [2.45, 2.75) is 38.2 Å². The lowest BCUT2D eigenvalue weighted by Crippen LogP contribution is -2.37. The second-order valence-corrected chi connectivity index (χ2v) is 3.95. The molecule has 0 radical (unpaired) electrons. The highest BCUT2D eigenvalue weighted by atomic mass is 35.5. The summed E-state index contributed by atoms with van der Waals surface area (Å²) in [5.41, 5.74) is 5.26. The van der Waals surface area contributed by atoms with E-state index in [0.29, 0.717) is 19.5 Å². The van der Waals surface area contributed by atoms with E-state index in [9.17, 15) is 9.90 Å². The Kier molecular flexibility index (Phi) is 7.74. The minimum absolute atomic E-state index is 0. The third-order valence-corrected chi connectivity index (χ3v) is 2.80. The van der Waals surface area contributed by atoms with Crippen LogP contribution >= 0.6 is 12.4 Å². The smallest absolute Gasteiger partial charge is 0.221 e. The van der Waals surface area contributed by atoms with Crippen LogP contribution in [0.2, 0.25) is 0 Å². The van der Waals surface area contributed by atoms with Crippen molar-refractivity contribution in [3.8, 4) is 0 Å². The number of carbonyl (C=O) groups excluding carboxylic acids is 1. The molecule has 0 aliphatic heterocycles. The monoisotopic (exact) mass is 236 g/mol. The minimum atomic E-state index is -0.234. The molecule has 90 valence electrons. The zero-order valence-corrected chi connectivity index (χ0v) is 9.76. The Morgan fingerprint density at radius 1 is 1.40 bits per heavy atom. The van der Waals surface area contributed by atoms with Crippen LogP contribution in [0.15, 0.2) is 0 Å². The van der Waals surface area contributed by atoms with Crippen LogP contribution in [0, 0.1) is 5.92 Å². The van der Waals surface area contributed by atoms with Crippen molar-refractivity contribution in [1.82, 2.24) is 5.32 Å². The molecule has 0 saturated heterocycles. The number of halogens is 1. The van der Waals surface area contributed by atoms with Crippen molar-refractivity contribution in [2.24, 2.45) is 11.7 Å². The van der Waals surface area contributed by atoms with E-state index < -0.39 is 0 Å². The Hall–Kier alpha value is -0.320. The summed E-state index contributed by atoms with van der Waals surface area (Å²) in [5, 5.41) is 12.4. The molecule has 1 aliphatic rings. The molecule has 0 aromatic carbocycles. The SMILES string of the molecule is Cl.NCCC(=O)NCC1CCCCC1O. The van der Waals surface area contributed by atoms with E-state index in [2.05, 4.69) is 5.32 Å². The standard InChI is InChI=1S/C10H20N2O2.ClH/c11-6-5-10(14)12-7-8-3-1-2-4-9(8)13;/h8-9,13H,1-7,11H2,(H,12,14);1H. The molecule has 1 aliphatic carbocycles. The molecule has 2 atom stereocenters. The van der Waals surface area contributed by atoms with Crippen LogP contribution in [0.1, 0.15) is 32.1 Å². The Bertz CT molecular complexity index is 190. The maximum atomic E-state index is 11.1. The predicted molar refractivity (Wildman–Crippen MR) is 61.9 cm³/mol. The molecule has 1 saturated carbocycles. The molecule has 0 bridgehead atoms. The summed E-state index contributed by atoms with van der Waals surface area (Å²) >= 11 is 0. The molecule has 0 heterocycles. The summed E-state index contributed by atoms with van der Waals surface area (Å²) < 4.78 is 0. The Balaban J connectivity index is 0.00000196. The third kappa shape index (κ3) is 5.35. The first-order valence-corrected chi connectivity index (χ1v) is 5.39. The lowest BCUT2D eigenvalue weighted by Gasteiger charge is -2.27. The van der Waals surface area contributed by atoms with Crippen molar-refractivity contribution < 1.29 is 9.90 Å². The minimum Gasteiger partial charge on any atom is -0.393 e. The van der Waals surface area contributed by atoms with Crippen molar-refractivity contribution in [3.63, 3.8) is 0 Å². The van der Waals surface area contributed by atoms with Gasteiger partial charge in [-0.2, -0.15) is 0 Å². The van der Waals surface area contributed by atoms with E-state index >= 15 is 0 Å². The predicted octanol–water partition coefficient (Wildman–Crippen LogP) is 0.424. The van der Waals surface area contributed by atoms with E-state index in [1.165, 1.54) is 0 Å². The average Bonchev–Trinajstić information content (AvgIpc) is 2.17. The fraction of sp³-hybridized carbons (Fsp3) is 0.900. The van der Waals surface area contributed by atoms with E-state index in [-0.39, 0.29) is 30.3 Å². The van der Waals surface area contributed by atoms with E-state index in [1.54, 1.807) is 0 Å². The van der Waals surface area contributed by atoms with Crippen LogP contribution < -0.4 is 11.1 Å². The Morgan fingerprint density at radius 3 is 2.67 bits per heavy atom. The number of aliphatic hydroxyl groups is 1. The second-order valence-electron chi connectivity index (χ2n) is 3.95. The van der Waals surface area contributed by atoms with E-state index in [0.717, 1.165) is 25.7 Å².